The van der Waals surface area contributed by atoms with Crippen LogP contribution in [-0.4, -0.2) is 30.4 Å². The molecule has 8 nitrogen and oxygen atoms in total. The number of imide groups is 2. The summed E-state index contributed by atoms with van der Waals surface area (Å²) in [5, 5.41) is 3.25. The number of carbonyl (C=O) groups excluding carboxylic acids is 4. The van der Waals surface area contributed by atoms with Crippen LogP contribution in [0.2, 0.25) is 5.02 Å². The minimum atomic E-state index is -0.784. The van der Waals surface area contributed by atoms with E-state index in [4.69, 9.17) is 16.3 Å². The van der Waals surface area contributed by atoms with Gasteiger partial charge in [-0.3, -0.25) is 14.4 Å². The number of rotatable bonds is 7. The van der Waals surface area contributed by atoms with E-state index in [-0.39, 0.29) is 17.9 Å². The van der Waals surface area contributed by atoms with E-state index in [0.717, 1.165) is 9.80 Å². The number of nitrogens with one attached hydrogen (secondary N) is 1. The third-order valence-electron chi connectivity index (χ3n) is 5.98. The van der Waals surface area contributed by atoms with Gasteiger partial charge in [0, 0.05) is 16.3 Å². The van der Waals surface area contributed by atoms with Gasteiger partial charge in [0.15, 0.2) is 6.61 Å². The molecule has 1 aliphatic rings. The Morgan fingerprint density at radius 2 is 1.25 bits per heavy atom. The van der Waals surface area contributed by atoms with Crippen molar-refractivity contribution >= 4 is 58.5 Å². The fraction of sp³-hybridized carbons (Fsp3) is 0.0323. The molecular formula is C31H22ClN3O5. The first kappa shape index (κ1) is 26.4. The van der Waals surface area contributed by atoms with Crippen LogP contribution in [0.1, 0.15) is 5.56 Å². The highest BCUT2D eigenvalue weighted by atomic mass is 35.5. The number of halogens is 1. The lowest BCUT2D eigenvalue weighted by Crippen LogP contribution is -2.57. The molecule has 4 aromatic carbocycles. The molecule has 1 aliphatic heterocycles. The van der Waals surface area contributed by atoms with E-state index >= 15 is 0 Å². The van der Waals surface area contributed by atoms with Gasteiger partial charge in [0.25, 0.3) is 17.7 Å². The Bertz CT molecular complexity index is 1540. The van der Waals surface area contributed by atoms with Crippen LogP contribution >= 0.6 is 11.6 Å². The predicted octanol–water partition coefficient (Wildman–Crippen LogP) is 5.94. The van der Waals surface area contributed by atoms with Crippen LogP contribution in [0.5, 0.6) is 5.75 Å². The van der Waals surface area contributed by atoms with E-state index in [9.17, 15) is 19.2 Å². The number of anilines is 3. The number of barbiturate groups is 1. The average Bonchev–Trinajstić information content (AvgIpc) is 2.97. The Labute approximate surface area is 235 Å². The smallest absolute Gasteiger partial charge is 0.343 e. The lowest BCUT2D eigenvalue weighted by molar-refractivity contribution is -0.121. The molecule has 5 rings (SSSR count). The molecule has 9 heteroatoms. The largest absolute Gasteiger partial charge is 0.483 e. The molecular weight excluding hydrogens is 530 g/mol. The van der Waals surface area contributed by atoms with Gasteiger partial charge >= 0.3 is 6.03 Å². The molecule has 0 aliphatic carbocycles. The summed E-state index contributed by atoms with van der Waals surface area (Å²) in [4.78, 5) is 55.1. The van der Waals surface area contributed by atoms with Crippen LogP contribution in [0.25, 0.3) is 6.08 Å². The van der Waals surface area contributed by atoms with Gasteiger partial charge in [-0.2, -0.15) is 0 Å². The van der Waals surface area contributed by atoms with Crippen molar-refractivity contribution in [1.29, 1.82) is 0 Å². The average molecular weight is 552 g/mol. The molecule has 1 heterocycles. The minimum Gasteiger partial charge on any atom is -0.483 e. The lowest BCUT2D eigenvalue weighted by atomic mass is 10.0. The number of para-hydroxylation sites is 3. The second kappa shape index (κ2) is 11.7. The molecule has 4 aromatic rings. The summed E-state index contributed by atoms with van der Waals surface area (Å²) in [6.45, 7) is -0.324. The molecule has 0 spiro atoms. The summed E-state index contributed by atoms with van der Waals surface area (Å²) in [5.74, 6) is -1.69. The maximum absolute atomic E-state index is 13.6. The number of ether oxygens (including phenoxy) is 1. The highest BCUT2D eigenvalue weighted by Gasteiger charge is 2.43. The van der Waals surface area contributed by atoms with Crippen molar-refractivity contribution in [2.45, 2.75) is 0 Å². The predicted molar refractivity (Wildman–Crippen MR) is 153 cm³/mol. The van der Waals surface area contributed by atoms with Crippen LogP contribution in [0.4, 0.5) is 21.9 Å². The van der Waals surface area contributed by atoms with Crippen molar-refractivity contribution in [3.63, 3.8) is 0 Å². The number of carbonyl (C=O) groups is 4. The zero-order chi connectivity index (χ0) is 28.1. The van der Waals surface area contributed by atoms with E-state index in [2.05, 4.69) is 5.32 Å². The molecule has 5 amide bonds. The first-order valence-electron chi connectivity index (χ1n) is 12.2. The van der Waals surface area contributed by atoms with Gasteiger partial charge in [-0.15, -0.1) is 0 Å². The van der Waals surface area contributed by atoms with Gasteiger partial charge in [0.05, 0.1) is 11.4 Å². The third-order valence-corrected chi connectivity index (χ3v) is 6.24. The topological polar surface area (TPSA) is 96.0 Å². The van der Waals surface area contributed by atoms with Crippen LogP contribution in [-0.2, 0) is 14.4 Å². The van der Waals surface area contributed by atoms with Crippen molar-refractivity contribution in [2.75, 3.05) is 21.7 Å². The van der Waals surface area contributed by atoms with Crippen molar-refractivity contribution in [1.82, 2.24) is 0 Å². The Balaban J connectivity index is 1.46. The molecule has 0 radical (unpaired) electrons. The van der Waals surface area contributed by atoms with E-state index in [1.807, 2.05) is 0 Å². The molecule has 1 N–H and O–H groups in total. The summed E-state index contributed by atoms with van der Waals surface area (Å²) in [6.07, 6.45) is 1.37. The highest BCUT2D eigenvalue weighted by Crippen LogP contribution is 2.31. The van der Waals surface area contributed by atoms with E-state index in [1.165, 1.54) is 6.08 Å². The Hall–Kier alpha value is -5.21. The van der Waals surface area contributed by atoms with Crippen LogP contribution in [0, 0.1) is 0 Å². The van der Waals surface area contributed by atoms with Gasteiger partial charge < -0.3 is 10.1 Å². The van der Waals surface area contributed by atoms with Crippen molar-refractivity contribution in [2.24, 2.45) is 0 Å². The highest BCUT2D eigenvalue weighted by molar-refractivity contribution is 6.46. The van der Waals surface area contributed by atoms with Gasteiger partial charge in [0.2, 0.25) is 0 Å². The zero-order valence-corrected chi connectivity index (χ0v) is 21.7. The number of nitrogens with zero attached hydrogens (tertiary/aromatic N) is 2. The Morgan fingerprint density at radius 1 is 0.725 bits per heavy atom. The third kappa shape index (κ3) is 5.62. The summed E-state index contributed by atoms with van der Waals surface area (Å²) in [7, 11) is 0. The first-order chi connectivity index (χ1) is 19.4. The molecule has 1 fully saturated rings. The lowest BCUT2D eigenvalue weighted by Gasteiger charge is -2.34. The standard InChI is InChI=1S/C31H22ClN3O5/c32-22-15-17-23(18-16-22)33-28(36)20-40-27-14-8-7-9-21(27)19-26-29(37)34(24-10-3-1-4-11-24)31(39)35(30(26)38)25-12-5-2-6-13-25/h1-19H,20H2,(H,33,36). The van der Waals surface area contributed by atoms with Gasteiger partial charge in [-0.25, -0.2) is 14.6 Å². The van der Waals surface area contributed by atoms with Gasteiger partial charge in [-0.05, 0) is 60.7 Å². The second-order valence-electron chi connectivity index (χ2n) is 8.67. The summed E-state index contributed by atoms with van der Waals surface area (Å²) in [6, 6.07) is 29.3. The summed E-state index contributed by atoms with van der Waals surface area (Å²) in [5.41, 5.74) is 1.33. The van der Waals surface area contributed by atoms with Crippen LogP contribution in [0.15, 0.2) is 115 Å². The number of hydrogen-bond donors (Lipinski definition) is 1. The van der Waals surface area contributed by atoms with Crippen molar-refractivity contribution in [3.05, 3.63) is 125 Å². The van der Waals surface area contributed by atoms with E-state index in [0.29, 0.717) is 27.6 Å². The summed E-state index contributed by atoms with van der Waals surface area (Å²) < 4.78 is 5.75. The molecule has 0 aromatic heterocycles. The summed E-state index contributed by atoms with van der Waals surface area (Å²) >= 11 is 5.89. The molecule has 0 bridgehead atoms. The normalized spacial score (nSPS) is 13.3. The molecule has 1 saturated heterocycles. The van der Waals surface area contributed by atoms with E-state index in [1.54, 1.807) is 109 Å². The number of urea groups is 1. The number of benzene rings is 4. The second-order valence-corrected chi connectivity index (χ2v) is 9.11. The maximum Gasteiger partial charge on any atom is 0.343 e. The van der Waals surface area contributed by atoms with Crippen molar-refractivity contribution in [3.8, 4) is 5.75 Å². The van der Waals surface area contributed by atoms with Gasteiger partial charge in [0.1, 0.15) is 11.3 Å². The monoisotopic (exact) mass is 551 g/mol. The minimum absolute atomic E-state index is 0.242. The molecule has 0 unspecified atom stereocenters. The maximum atomic E-state index is 13.6. The zero-order valence-electron chi connectivity index (χ0n) is 21.0. The molecule has 0 saturated carbocycles. The van der Waals surface area contributed by atoms with Gasteiger partial charge in [-0.1, -0.05) is 66.2 Å². The van der Waals surface area contributed by atoms with Crippen LogP contribution < -0.4 is 19.9 Å². The Morgan fingerprint density at radius 3 is 1.82 bits per heavy atom. The number of hydrogen-bond acceptors (Lipinski definition) is 5. The molecule has 40 heavy (non-hydrogen) atoms. The van der Waals surface area contributed by atoms with E-state index < -0.39 is 23.8 Å². The molecule has 0 atom stereocenters. The number of amides is 5. The molecule has 198 valence electrons. The SMILES string of the molecule is O=C(COc1ccccc1C=C1C(=O)N(c2ccccc2)C(=O)N(c2ccccc2)C1=O)Nc1ccc(Cl)cc1. The quantitative estimate of drug-likeness (QED) is 0.226. The van der Waals surface area contributed by atoms with Crippen LogP contribution in [0.3, 0.4) is 0 Å². The fourth-order valence-corrected chi connectivity index (χ4v) is 4.23. The first-order valence-corrected chi connectivity index (χ1v) is 12.6. The van der Waals surface area contributed by atoms with Crippen molar-refractivity contribution < 1.29 is 23.9 Å². The Kier molecular flexibility index (Phi) is 7.70. The fourth-order valence-electron chi connectivity index (χ4n) is 4.10.